The van der Waals surface area contributed by atoms with Crippen LogP contribution >= 0.6 is 0 Å². The summed E-state index contributed by atoms with van der Waals surface area (Å²) >= 11 is 0. The Morgan fingerprint density at radius 2 is 2.05 bits per heavy atom. The third kappa shape index (κ3) is 7.60. The molecule has 116 valence electrons. The average molecular weight is 312 g/mol. The number of hydrogen-bond acceptors (Lipinski definition) is 3. The molecule has 0 heterocycles. The van der Waals surface area contributed by atoms with E-state index in [2.05, 4.69) is 9.44 Å². The quantitative estimate of drug-likeness (QED) is 0.632. The average Bonchev–Trinajstić information content (AvgIpc) is 2.42. The predicted molar refractivity (Wildman–Crippen MR) is 81.7 cm³/mol. The molecule has 1 aromatic rings. The highest BCUT2D eigenvalue weighted by molar-refractivity contribution is 7.87. The van der Waals surface area contributed by atoms with Crippen LogP contribution in [0.1, 0.15) is 25.0 Å². The fraction of sp³-hybridized carbons (Fsp3) is 0.357. The first kappa shape index (κ1) is 17.4. The van der Waals surface area contributed by atoms with Gasteiger partial charge in [0, 0.05) is 19.2 Å². The monoisotopic (exact) mass is 312 g/mol. The Morgan fingerprint density at radius 1 is 1.33 bits per heavy atom. The maximum atomic E-state index is 11.7. The molecular formula is C14H20N2O4S. The molecule has 7 heteroatoms. The van der Waals surface area contributed by atoms with Crippen LogP contribution in [0.4, 0.5) is 0 Å². The summed E-state index contributed by atoms with van der Waals surface area (Å²) in [6, 6.07) is 6.98. The standard InChI is InChI=1S/C14H20N2O4S/c1-11(2)9-15-21(19,20)16-10-13-5-3-4-12(8-13)6-7-14(17)18/h3-8,11,15-16H,9-10H2,1-2H3,(H,17,18)/b7-6+. The zero-order valence-corrected chi connectivity index (χ0v) is 12.9. The van der Waals surface area contributed by atoms with Crippen molar-refractivity contribution in [2.24, 2.45) is 5.92 Å². The third-order valence-corrected chi connectivity index (χ3v) is 3.59. The van der Waals surface area contributed by atoms with Gasteiger partial charge in [0.2, 0.25) is 0 Å². The molecule has 0 aromatic heterocycles. The van der Waals surface area contributed by atoms with E-state index in [1.807, 2.05) is 13.8 Å². The van der Waals surface area contributed by atoms with Gasteiger partial charge in [0.05, 0.1) is 0 Å². The second-order valence-corrected chi connectivity index (χ2v) is 6.57. The molecule has 1 aromatic carbocycles. The van der Waals surface area contributed by atoms with Crippen molar-refractivity contribution < 1.29 is 18.3 Å². The van der Waals surface area contributed by atoms with Crippen LogP contribution in [0.25, 0.3) is 6.08 Å². The summed E-state index contributed by atoms with van der Waals surface area (Å²) in [7, 11) is -3.53. The van der Waals surface area contributed by atoms with E-state index < -0.39 is 16.2 Å². The van der Waals surface area contributed by atoms with Crippen molar-refractivity contribution >= 4 is 22.3 Å². The van der Waals surface area contributed by atoms with Crippen LogP contribution in [0.5, 0.6) is 0 Å². The van der Waals surface area contributed by atoms with Gasteiger partial charge >= 0.3 is 5.97 Å². The van der Waals surface area contributed by atoms with Crippen molar-refractivity contribution in [1.29, 1.82) is 0 Å². The molecule has 1 rings (SSSR count). The van der Waals surface area contributed by atoms with Gasteiger partial charge in [-0.3, -0.25) is 0 Å². The van der Waals surface area contributed by atoms with Crippen LogP contribution in [0, 0.1) is 5.92 Å². The lowest BCUT2D eigenvalue weighted by Gasteiger charge is -2.10. The second kappa shape index (κ2) is 7.92. The summed E-state index contributed by atoms with van der Waals surface area (Å²) < 4.78 is 28.3. The van der Waals surface area contributed by atoms with Gasteiger partial charge in [-0.25, -0.2) is 9.52 Å². The smallest absolute Gasteiger partial charge is 0.328 e. The number of rotatable bonds is 8. The number of carbonyl (C=O) groups is 1. The van der Waals surface area contributed by atoms with Gasteiger partial charge in [0.15, 0.2) is 0 Å². The second-order valence-electron chi connectivity index (χ2n) is 4.98. The summed E-state index contributed by atoms with van der Waals surface area (Å²) in [4.78, 5) is 10.5. The molecule has 0 aliphatic rings. The van der Waals surface area contributed by atoms with Crippen molar-refractivity contribution in [1.82, 2.24) is 9.44 Å². The zero-order chi connectivity index (χ0) is 15.9. The molecule has 0 fully saturated rings. The van der Waals surface area contributed by atoms with E-state index in [0.29, 0.717) is 12.1 Å². The van der Waals surface area contributed by atoms with Gasteiger partial charge in [-0.2, -0.15) is 13.1 Å². The molecule has 0 spiro atoms. The van der Waals surface area contributed by atoms with Crippen LogP contribution in [0.15, 0.2) is 30.3 Å². The Labute approximate surface area is 125 Å². The molecule has 0 atom stereocenters. The zero-order valence-electron chi connectivity index (χ0n) is 12.0. The lowest BCUT2D eigenvalue weighted by atomic mass is 10.1. The van der Waals surface area contributed by atoms with Crippen LogP contribution in [0.3, 0.4) is 0 Å². The minimum absolute atomic E-state index is 0.141. The highest BCUT2D eigenvalue weighted by atomic mass is 32.2. The largest absolute Gasteiger partial charge is 0.478 e. The van der Waals surface area contributed by atoms with Crippen LogP contribution in [-0.4, -0.2) is 26.0 Å². The first-order valence-corrected chi connectivity index (χ1v) is 8.01. The van der Waals surface area contributed by atoms with E-state index in [4.69, 9.17) is 5.11 Å². The van der Waals surface area contributed by atoms with E-state index in [-0.39, 0.29) is 12.5 Å². The fourth-order valence-corrected chi connectivity index (χ4v) is 2.49. The Hall–Kier alpha value is -1.70. The molecule has 0 saturated heterocycles. The summed E-state index contributed by atoms with van der Waals surface area (Å²) in [6.45, 7) is 4.35. The van der Waals surface area contributed by atoms with Crippen molar-refractivity contribution in [3.8, 4) is 0 Å². The van der Waals surface area contributed by atoms with Gasteiger partial charge in [0.25, 0.3) is 10.2 Å². The Balaban J connectivity index is 2.63. The molecule has 6 nitrogen and oxygen atoms in total. The maximum Gasteiger partial charge on any atom is 0.328 e. The molecule has 0 bridgehead atoms. The topological polar surface area (TPSA) is 95.5 Å². The lowest BCUT2D eigenvalue weighted by Crippen LogP contribution is -2.37. The Kier molecular flexibility index (Phi) is 6.54. The highest BCUT2D eigenvalue weighted by Gasteiger charge is 2.09. The minimum Gasteiger partial charge on any atom is -0.478 e. The van der Waals surface area contributed by atoms with E-state index in [1.54, 1.807) is 24.3 Å². The number of aliphatic carboxylic acids is 1. The number of carboxylic acids is 1. The molecule has 0 aliphatic heterocycles. The van der Waals surface area contributed by atoms with Gasteiger partial charge in [-0.05, 0) is 23.1 Å². The van der Waals surface area contributed by atoms with Crippen LogP contribution in [0.2, 0.25) is 0 Å². The highest BCUT2D eigenvalue weighted by Crippen LogP contribution is 2.07. The first-order chi connectivity index (χ1) is 9.78. The van der Waals surface area contributed by atoms with Crippen molar-refractivity contribution in [2.45, 2.75) is 20.4 Å². The Bertz CT molecular complexity index is 609. The molecule has 0 radical (unpaired) electrons. The van der Waals surface area contributed by atoms with Crippen molar-refractivity contribution in [3.63, 3.8) is 0 Å². The number of carboxylic acid groups (broad SMARTS) is 1. The normalized spacial score (nSPS) is 12.1. The maximum absolute atomic E-state index is 11.7. The summed E-state index contributed by atoms with van der Waals surface area (Å²) in [5.41, 5.74) is 1.45. The van der Waals surface area contributed by atoms with E-state index >= 15 is 0 Å². The first-order valence-electron chi connectivity index (χ1n) is 6.52. The molecule has 0 aliphatic carbocycles. The van der Waals surface area contributed by atoms with Crippen LogP contribution in [-0.2, 0) is 21.5 Å². The number of nitrogens with one attached hydrogen (secondary N) is 2. The molecule has 0 amide bonds. The van der Waals surface area contributed by atoms with E-state index in [0.717, 1.165) is 11.6 Å². The summed E-state index contributed by atoms with van der Waals surface area (Å²) in [5, 5.41) is 8.57. The van der Waals surface area contributed by atoms with Crippen molar-refractivity contribution in [3.05, 3.63) is 41.5 Å². The fourth-order valence-electron chi connectivity index (χ4n) is 1.48. The summed E-state index contributed by atoms with van der Waals surface area (Å²) in [5.74, 6) is -0.801. The minimum atomic E-state index is -3.53. The van der Waals surface area contributed by atoms with Crippen molar-refractivity contribution in [2.75, 3.05) is 6.54 Å². The van der Waals surface area contributed by atoms with Crippen LogP contribution < -0.4 is 9.44 Å². The Morgan fingerprint density at radius 3 is 2.67 bits per heavy atom. The van der Waals surface area contributed by atoms with Gasteiger partial charge in [0.1, 0.15) is 0 Å². The molecule has 3 N–H and O–H groups in total. The van der Waals surface area contributed by atoms with E-state index in [1.165, 1.54) is 6.08 Å². The predicted octanol–water partition coefficient (Wildman–Crippen LogP) is 1.36. The summed E-state index contributed by atoms with van der Waals surface area (Å²) in [6.07, 6.45) is 2.49. The number of hydrogen-bond donors (Lipinski definition) is 3. The molecule has 0 saturated carbocycles. The molecular weight excluding hydrogens is 292 g/mol. The van der Waals surface area contributed by atoms with Gasteiger partial charge in [-0.1, -0.05) is 38.1 Å². The molecule has 21 heavy (non-hydrogen) atoms. The number of benzene rings is 1. The third-order valence-electron chi connectivity index (χ3n) is 2.52. The van der Waals surface area contributed by atoms with Gasteiger partial charge < -0.3 is 5.11 Å². The molecule has 0 unspecified atom stereocenters. The lowest BCUT2D eigenvalue weighted by molar-refractivity contribution is -0.131. The van der Waals surface area contributed by atoms with Gasteiger partial charge in [-0.15, -0.1) is 0 Å². The SMILES string of the molecule is CC(C)CNS(=O)(=O)NCc1cccc(/C=C/C(=O)O)c1. The van der Waals surface area contributed by atoms with E-state index in [9.17, 15) is 13.2 Å².